The number of hydrogen-bond donors (Lipinski definition) is 0. The van der Waals surface area contributed by atoms with Crippen molar-refractivity contribution >= 4 is 31.3 Å². The Balaban J connectivity index is 3.20. The highest BCUT2D eigenvalue weighted by molar-refractivity contribution is 8.13. The molecule has 0 fully saturated rings. The second kappa shape index (κ2) is 4.73. The third-order valence-corrected chi connectivity index (χ3v) is 4.08. The van der Waals surface area contributed by atoms with E-state index in [1.54, 1.807) is 6.07 Å². The zero-order valence-electron chi connectivity index (χ0n) is 8.50. The van der Waals surface area contributed by atoms with Gasteiger partial charge in [-0.05, 0) is 30.0 Å². The van der Waals surface area contributed by atoms with Crippen molar-refractivity contribution in [3.63, 3.8) is 0 Å². The molecule has 0 saturated heterocycles. The van der Waals surface area contributed by atoms with Crippen LogP contribution in [-0.4, -0.2) is 8.42 Å². The van der Waals surface area contributed by atoms with E-state index < -0.39 is 9.05 Å². The Bertz CT molecular complexity index is 454. The number of rotatable bonds is 3. The molecule has 84 valence electrons. The van der Waals surface area contributed by atoms with Gasteiger partial charge >= 0.3 is 0 Å². The maximum absolute atomic E-state index is 11.0. The van der Waals surface area contributed by atoms with Gasteiger partial charge in [0, 0.05) is 15.7 Å². The van der Waals surface area contributed by atoms with E-state index in [-0.39, 0.29) is 4.90 Å². The van der Waals surface area contributed by atoms with Gasteiger partial charge in [0.1, 0.15) is 0 Å². The second-order valence-corrected chi connectivity index (χ2v) is 6.40. The van der Waals surface area contributed by atoms with Gasteiger partial charge in [0.2, 0.25) is 0 Å². The average molecular weight is 267 g/mol. The summed E-state index contributed by atoms with van der Waals surface area (Å²) in [5, 5.41) is 0.450. The minimum Gasteiger partial charge on any atom is -0.207 e. The number of hydrogen-bond acceptors (Lipinski definition) is 2. The summed E-state index contributed by atoms with van der Waals surface area (Å²) in [6.07, 6.45) is 0.951. The van der Waals surface area contributed by atoms with Crippen molar-refractivity contribution in [3.05, 3.63) is 28.8 Å². The van der Waals surface area contributed by atoms with Gasteiger partial charge in [-0.1, -0.05) is 31.5 Å². The minimum absolute atomic E-state index is 0.0428. The highest BCUT2D eigenvalue weighted by Crippen LogP contribution is 2.29. The second-order valence-electron chi connectivity index (χ2n) is 3.43. The molecular weight excluding hydrogens is 255 g/mol. The van der Waals surface area contributed by atoms with Crippen LogP contribution in [0.3, 0.4) is 0 Å². The van der Waals surface area contributed by atoms with E-state index in [0.29, 0.717) is 10.9 Å². The maximum Gasteiger partial charge on any atom is 0.261 e. The van der Waals surface area contributed by atoms with Crippen LogP contribution in [0.2, 0.25) is 5.02 Å². The molecule has 1 unspecified atom stereocenters. The quantitative estimate of drug-likeness (QED) is 0.781. The summed E-state index contributed by atoms with van der Waals surface area (Å²) in [5.74, 6) is 0.310. The lowest BCUT2D eigenvalue weighted by Gasteiger charge is -2.11. The van der Waals surface area contributed by atoms with Gasteiger partial charge in [-0.3, -0.25) is 0 Å². The molecule has 0 saturated carbocycles. The van der Waals surface area contributed by atoms with Crippen molar-refractivity contribution in [2.75, 3.05) is 0 Å². The minimum atomic E-state index is -3.69. The van der Waals surface area contributed by atoms with E-state index in [2.05, 4.69) is 0 Å². The van der Waals surface area contributed by atoms with Crippen molar-refractivity contribution in [1.29, 1.82) is 0 Å². The fraction of sp³-hybridized carbons (Fsp3) is 0.400. The number of halogens is 2. The van der Waals surface area contributed by atoms with Gasteiger partial charge in [0.15, 0.2) is 0 Å². The van der Waals surface area contributed by atoms with Gasteiger partial charge in [0.25, 0.3) is 9.05 Å². The van der Waals surface area contributed by atoms with Crippen LogP contribution in [0.15, 0.2) is 23.1 Å². The van der Waals surface area contributed by atoms with Crippen molar-refractivity contribution in [2.24, 2.45) is 0 Å². The predicted octanol–water partition coefficient (Wildman–Crippen LogP) is 3.78. The van der Waals surface area contributed by atoms with E-state index in [0.717, 1.165) is 12.0 Å². The lowest BCUT2D eigenvalue weighted by Crippen LogP contribution is -1.96. The first-order valence-electron chi connectivity index (χ1n) is 4.60. The molecule has 0 aliphatic rings. The molecule has 1 rings (SSSR count). The summed E-state index contributed by atoms with van der Waals surface area (Å²) in [6.45, 7) is 4.09. The number of benzene rings is 1. The first kappa shape index (κ1) is 12.8. The van der Waals surface area contributed by atoms with Crippen LogP contribution in [0, 0.1) is 0 Å². The summed E-state index contributed by atoms with van der Waals surface area (Å²) < 4.78 is 22.1. The Morgan fingerprint density at radius 1 is 1.40 bits per heavy atom. The van der Waals surface area contributed by atoms with E-state index in [1.165, 1.54) is 12.1 Å². The lowest BCUT2D eigenvalue weighted by molar-refractivity contribution is 0.609. The molecule has 0 bridgehead atoms. The first-order chi connectivity index (χ1) is 6.86. The van der Waals surface area contributed by atoms with E-state index in [4.69, 9.17) is 22.3 Å². The zero-order chi connectivity index (χ0) is 11.6. The molecule has 0 radical (unpaired) electrons. The molecule has 15 heavy (non-hydrogen) atoms. The maximum atomic E-state index is 11.0. The van der Waals surface area contributed by atoms with Crippen molar-refractivity contribution in [1.82, 2.24) is 0 Å². The lowest BCUT2D eigenvalue weighted by atomic mass is 9.99. The van der Waals surface area contributed by atoms with Crippen LogP contribution in [0.4, 0.5) is 0 Å². The molecule has 2 nitrogen and oxygen atoms in total. The normalized spacial score (nSPS) is 13.9. The smallest absolute Gasteiger partial charge is 0.207 e. The van der Waals surface area contributed by atoms with Gasteiger partial charge in [0.05, 0.1) is 4.90 Å². The molecule has 0 aromatic heterocycles. The molecule has 0 amide bonds. The van der Waals surface area contributed by atoms with E-state index in [1.807, 2.05) is 13.8 Å². The third-order valence-electron chi connectivity index (χ3n) is 2.40. The molecule has 0 aliphatic heterocycles. The van der Waals surface area contributed by atoms with Crippen LogP contribution in [0.1, 0.15) is 31.7 Å². The van der Waals surface area contributed by atoms with Crippen molar-refractivity contribution in [3.8, 4) is 0 Å². The highest BCUT2D eigenvalue weighted by atomic mass is 35.7. The predicted molar refractivity (Wildman–Crippen MR) is 63.2 cm³/mol. The fourth-order valence-electron chi connectivity index (χ4n) is 1.28. The van der Waals surface area contributed by atoms with E-state index in [9.17, 15) is 8.42 Å². The fourth-order valence-corrected chi connectivity index (χ4v) is 2.49. The van der Waals surface area contributed by atoms with Gasteiger partial charge < -0.3 is 0 Å². The Kier molecular flexibility index (Phi) is 4.04. The molecule has 5 heteroatoms. The Morgan fingerprint density at radius 3 is 2.40 bits per heavy atom. The molecule has 1 atom stereocenters. The monoisotopic (exact) mass is 266 g/mol. The summed E-state index contributed by atoms with van der Waals surface area (Å²) in [5.41, 5.74) is 0.947. The van der Waals surface area contributed by atoms with Crippen LogP contribution in [-0.2, 0) is 9.05 Å². The van der Waals surface area contributed by atoms with Gasteiger partial charge in [-0.2, -0.15) is 0 Å². The van der Waals surface area contributed by atoms with E-state index >= 15 is 0 Å². The molecule has 0 spiro atoms. The molecule has 0 heterocycles. The zero-order valence-corrected chi connectivity index (χ0v) is 10.8. The summed E-state index contributed by atoms with van der Waals surface area (Å²) in [7, 11) is 1.52. The largest absolute Gasteiger partial charge is 0.261 e. The molecule has 1 aromatic carbocycles. The Labute approximate surface area is 99.6 Å². The van der Waals surface area contributed by atoms with Crippen LogP contribution in [0.25, 0.3) is 0 Å². The average Bonchev–Trinajstić information content (AvgIpc) is 2.15. The van der Waals surface area contributed by atoms with Crippen molar-refractivity contribution in [2.45, 2.75) is 31.1 Å². The van der Waals surface area contributed by atoms with Gasteiger partial charge in [-0.25, -0.2) is 8.42 Å². The van der Waals surface area contributed by atoms with Crippen LogP contribution in [0.5, 0.6) is 0 Å². The topological polar surface area (TPSA) is 34.1 Å². The molecular formula is C10H12Cl2O2S. The summed E-state index contributed by atoms with van der Waals surface area (Å²) in [6, 6.07) is 4.59. The third kappa shape index (κ3) is 3.10. The van der Waals surface area contributed by atoms with Crippen LogP contribution < -0.4 is 0 Å². The molecule has 0 aliphatic carbocycles. The summed E-state index contributed by atoms with van der Waals surface area (Å²) in [4.78, 5) is 0.0428. The Hall–Kier alpha value is -0.250. The van der Waals surface area contributed by atoms with Crippen LogP contribution >= 0.6 is 22.3 Å². The molecule has 0 N–H and O–H groups in total. The SMILES string of the molecule is CCC(C)c1ccc(S(=O)(=O)Cl)cc1Cl. The van der Waals surface area contributed by atoms with Crippen molar-refractivity contribution < 1.29 is 8.42 Å². The highest BCUT2D eigenvalue weighted by Gasteiger charge is 2.14. The van der Waals surface area contributed by atoms with Gasteiger partial charge in [-0.15, -0.1) is 0 Å². The Morgan fingerprint density at radius 2 is 2.00 bits per heavy atom. The first-order valence-corrected chi connectivity index (χ1v) is 7.29. The summed E-state index contributed by atoms with van der Waals surface area (Å²) >= 11 is 5.99. The standard InChI is InChI=1S/C10H12Cl2O2S/c1-3-7(2)9-5-4-8(6-10(9)11)15(12,13)14/h4-7H,3H2,1-2H3. The molecule has 1 aromatic rings.